The minimum atomic E-state index is -0.206. The second kappa shape index (κ2) is 7.85. The zero-order valence-electron chi connectivity index (χ0n) is 15.2. The summed E-state index contributed by atoms with van der Waals surface area (Å²) < 4.78 is 7.10. The molecule has 1 heterocycles. The number of tetrazole rings is 1. The lowest BCUT2D eigenvalue weighted by Gasteiger charge is -2.12. The van der Waals surface area contributed by atoms with E-state index in [1.807, 2.05) is 28.9 Å². The molecule has 2 N–H and O–H groups in total. The number of hydrogen-bond donors (Lipinski definition) is 2. The number of nitrogens with one attached hydrogen (secondary N) is 2. The first-order chi connectivity index (χ1) is 13.6. The van der Waals surface area contributed by atoms with Gasteiger partial charge in [0.05, 0.1) is 25.4 Å². The third-order valence-electron chi connectivity index (χ3n) is 4.42. The summed E-state index contributed by atoms with van der Waals surface area (Å²) >= 11 is 5.98. The second-order valence-electron chi connectivity index (χ2n) is 6.50. The highest BCUT2D eigenvalue weighted by Gasteiger charge is 2.28. The van der Waals surface area contributed by atoms with Crippen molar-refractivity contribution in [3.63, 3.8) is 0 Å². The maximum atomic E-state index is 12.2. The van der Waals surface area contributed by atoms with Crippen molar-refractivity contribution in [1.82, 2.24) is 20.2 Å². The molecule has 0 radical (unpaired) electrons. The van der Waals surface area contributed by atoms with Crippen LogP contribution in [0, 0.1) is 0 Å². The number of amides is 1. The molecule has 0 saturated heterocycles. The number of benzene rings is 2. The van der Waals surface area contributed by atoms with Gasteiger partial charge in [0, 0.05) is 16.3 Å². The van der Waals surface area contributed by atoms with E-state index in [0.29, 0.717) is 22.5 Å². The molecule has 144 valence electrons. The third-order valence-corrected chi connectivity index (χ3v) is 4.65. The molecule has 1 aliphatic carbocycles. The number of ether oxygens (including phenoxy) is 1. The Morgan fingerprint density at radius 3 is 2.75 bits per heavy atom. The number of carbonyl (C=O) groups is 1. The lowest BCUT2D eigenvalue weighted by Crippen LogP contribution is -2.22. The van der Waals surface area contributed by atoms with Gasteiger partial charge < -0.3 is 15.4 Å². The Hall–Kier alpha value is -3.13. The van der Waals surface area contributed by atoms with Crippen LogP contribution in [-0.4, -0.2) is 39.8 Å². The molecule has 1 aliphatic rings. The van der Waals surface area contributed by atoms with Crippen LogP contribution in [0.4, 0.5) is 11.4 Å². The molecule has 2 aromatic carbocycles. The standard InChI is InChI=1S/C19H19ClN6O2/c1-28-17-9-4-13(20)10-16(17)22-18(27)11-21-14-5-2-12(3-6-14)19-23-24-25-26(19)15-7-8-15/h2-6,9-10,15,21H,7-8,11H2,1H3,(H,22,27). The fraction of sp³-hybridized carbons (Fsp3) is 0.263. The van der Waals surface area contributed by atoms with Crippen LogP contribution in [0.15, 0.2) is 42.5 Å². The summed E-state index contributed by atoms with van der Waals surface area (Å²) in [4.78, 5) is 12.2. The van der Waals surface area contributed by atoms with Crippen molar-refractivity contribution in [3.8, 4) is 17.1 Å². The number of hydrogen-bond acceptors (Lipinski definition) is 6. The molecule has 9 heteroatoms. The zero-order chi connectivity index (χ0) is 19.5. The van der Waals surface area contributed by atoms with E-state index in [1.165, 1.54) is 7.11 Å². The summed E-state index contributed by atoms with van der Waals surface area (Å²) in [7, 11) is 1.54. The minimum absolute atomic E-state index is 0.106. The summed E-state index contributed by atoms with van der Waals surface area (Å²) in [5.74, 6) is 1.11. The van der Waals surface area contributed by atoms with Crippen LogP contribution in [0.2, 0.25) is 5.02 Å². The van der Waals surface area contributed by atoms with Crippen molar-refractivity contribution in [2.45, 2.75) is 18.9 Å². The van der Waals surface area contributed by atoms with Gasteiger partial charge in [-0.2, -0.15) is 0 Å². The quantitative estimate of drug-likeness (QED) is 0.633. The van der Waals surface area contributed by atoms with Gasteiger partial charge in [0.1, 0.15) is 5.75 Å². The Labute approximate surface area is 166 Å². The molecule has 28 heavy (non-hydrogen) atoms. The Balaban J connectivity index is 1.37. The van der Waals surface area contributed by atoms with Crippen molar-refractivity contribution < 1.29 is 9.53 Å². The Morgan fingerprint density at radius 2 is 2.04 bits per heavy atom. The van der Waals surface area contributed by atoms with E-state index in [2.05, 4.69) is 26.2 Å². The molecule has 0 unspecified atom stereocenters. The fourth-order valence-electron chi connectivity index (χ4n) is 2.84. The minimum Gasteiger partial charge on any atom is -0.495 e. The second-order valence-corrected chi connectivity index (χ2v) is 6.94. The van der Waals surface area contributed by atoms with Crippen molar-refractivity contribution in [3.05, 3.63) is 47.5 Å². The monoisotopic (exact) mass is 398 g/mol. The van der Waals surface area contributed by atoms with Gasteiger partial charge in [-0.15, -0.1) is 5.10 Å². The molecule has 3 aromatic rings. The smallest absolute Gasteiger partial charge is 0.243 e. The van der Waals surface area contributed by atoms with Crippen molar-refractivity contribution in [2.75, 3.05) is 24.3 Å². The molecular weight excluding hydrogens is 380 g/mol. The molecular formula is C19H19ClN6O2. The number of rotatable bonds is 7. The van der Waals surface area contributed by atoms with Crippen molar-refractivity contribution >= 4 is 28.9 Å². The van der Waals surface area contributed by atoms with Gasteiger partial charge in [0.25, 0.3) is 0 Å². The van der Waals surface area contributed by atoms with Gasteiger partial charge in [-0.3, -0.25) is 4.79 Å². The summed E-state index contributed by atoms with van der Waals surface area (Å²) in [5.41, 5.74) is 2.29. The van der Waals surface area contributed by atoms with Crippen molar-refractivity contribution in [2.24, 2.45) is 0 Å². The van der Waals surface area contributed by atoms with Crippen LogP contribution in [0.1, 0.15) is 18.9 Å². The van der Waals surface area contributed by atoms with Crippen LogP contribution in [0.3, 0.4) is 0 Å². The largest absolute Gasteiger partial charge is 0.495 e. The predicted octanol–water partition coefficient (Wildman–Crippen LogP) is 3.39. The first-order valence-corrected chi connectivity index (χ1v) is 9.27. The van der Waals surface area contributed by atoms with Gasteiger partial charge in [-0.25, -0.2) is 4.68 Å². The highest BCUT2D eigenvalue weighted by molar-refractivity contribution is 6.31. The van der Waals surface area contributed by atoms with E-state index in [-0.39, 0.29) is 12.5 Å². The molecule has 0 atom stereocenters. The lowest BCUT2D eigenvalue weighted by atomic mass is 10.2. The number of methoxy groups -OCH3 is 1. The molecule has 4 rings (SSSR count). The molecule has 8 nitrogen and oxygen atoms in total. The zero-order valence-corrected chi connectivity index (χ0v) is 16.0. The highest BCUT2D eigenvalue weighted by atomic mass is 35.5. The molecule has 1 fully saturated rings. The topological polar surface area (TPSA) is 94.0 Å². The summed E-state index contributed by atoms with van der Waals surface area (Å²) in [6.45, 7) is 0.106. The Bertz CT molecular complexity index is 984. The van der Waals surface area contributed by atoms with Gasteiger partial charge in [0.15, 0.2) is 5.82 Å². The lowest BCUT2D eigenvalue weighted by molar-refractivity contribution is -0.114. The van der Waals surface area contributed by atoms with Crippen LogP contribution in [0.5, 0.6) is 5.75 Å². The average Bonchev–Trinajstić information content (AvgIpc) is 3.43. The molecule has 0 spiro atoms. The first-order valence-electron chi connectivity index (χ1n) is 8.89. The van der Waals surface area contributed by atoms with Gasteiger partial charge in [-0.05, 0) is 65.7 Å². The van der Waals surface area contributed by atoms with E-state index in [9.17, 15) is 4.79 Å². The van der Waals surface area contributed by atoms with Gasteiger partial charge in [-0.1, -0.05) is 11.6 Å². The SMILES string of the molecule is COc1ccc(Cl)cc1NC(=O)CNc1ccc(-c2nnnn2C2CC2)cc1. The van der Waals surface area contributed by atoms with E-state index >= 15 is 0 Å². The summed E-state index contributed by atoms with van der Waals surface area (Å²) in [5, 5.41) is 18.4. The number of nitrogens with zero attached hydrogens (tertiary/aromatic N) is 4. The van der Waals surface area contributed by atoms with Gasteiger partial charge in [0.2, 0.25) is 5.91 Å². The predicted molar refractivity (Wildman–Crippen MR) is 107 cm³/mol. The van der Waals surface area contributed by atoms with E-state index in [0.717, 1.165) is 29.9 Å². The normalized spacial score (nSPS) is 13.2. The van der Waals surface area contributed by atoms with Crippen LogP contribution >= 0.6 is 11.6 Å². The van der Waals surface area contributed by atoms with Gasteiger partial charge >= 0.3 is 0 Å². The maximum Gasteiger partial charge on any atom is 0.243 e. The van der Waals surface area contributed by atoms with E-state index < -0.39 is 0 Å². The number of carbonyl (C=O) groups excluding carboxylic acids is 1. The summed E-state index contributed by atoms with van der Waals surface area (Å²) in [6.07, 6.45) is 2.23. The van der Waals surface area contributed by atoms with Crippen LogP contribution in [-0.2, 0) is 4.79 Å². The number of halogens is 1. The number of aromatic nitrogens is 4. The molecule has 1 amide bonds. The molecule has 1 saturated carbocycles. The molecule has 1 aromatic heterocycles. The first kappa shape index (κ1) is 18.2. The maximum absolute atomic E-state index is 12.2. The summed E-state index contributed by atoms with van der Waals surface area (Å²) in [6, 6.07) is 13.1. The molecule has 0 bridgehead atoms. The third kappa shape index (κ3) is 4.07. The number of anilines is 2. The molecule has 0 aliphatic heterocycles. The fourth-order valence-corrected chi connectivity index (χ4v) is 3.01. The van der Waals surface area contributed by atoms with Crippen LogP contribution < -0.4 is 15.4 Å². The van der Waals surface area contributed by atoms with E-state index in [1.54, 1.807) is 18.2 Å². The highest BCUT2D eigenvalue weighted by Crippen LogP contribution is 2.36. The van der Waals surface area contributed by atoms with Crippen molar-refractivity contribution in [1.29, 1.82) is 0 Å². The van der Waals surface area contributed by atoms with Crippen LogP contribution in [0.25, 0.3) is 11.4 Å². The van der Waals surface area contributed by atoms with E-state index in [4.69, 9.17) is 16.3 Å². The average molecular weight is 399 g/mol. The Kier molecular flexibility index (Phi) is 5.12. The Morgan fingerprint density at radius 1 is 1.25 bits per heavy atom.